The highest BCUT2D eigenvalue weighted by molar-refractivity contribution is 5.86. The van der Waals surface area contributed by atoms with Gasteiger partial charge in [-0.1, -0.05) is 38.8 Å². The first-order chi connectivity index (χ1) is 8.36. The third-order valence-corrected chi connectivity index (χ3v) is 2.19. The molecule has 0 amide bonds. The third kappa shape index (κ3) is 12.5. The van der Waals surface area contributed by atoms with Crippen LogP contribution in [0.25, 0.3) is 0 Å². The molecule has 0 fully saturated rings. The Morgan fingerprint density at radius 2 is 1.39 bits per heavy atom. The fourth-order valence-electron chi connectivity index (χ4n) is 1.00. The molecule has 0 bridgehead atoms. The zero-order chi connectivity index (χ0) is 14.6. The van der Waals surface area contributed by atoms with E-state index in [1.165, 1.54) is 0 Å². The van der Waals surface area contributed by atoms with E-state index in [1.807, 2.05) is 6.92 Å². The number of carboxylic acid groups (broad SMARTS) is 2. The number of hydrogen-bond donors (Lipinski definition) is 2. The number of unbranched alkanes of at least 4 members (excludes halogenated alkanes) is 2. The Hall–Kier alpha value is -1.58. The highest BCUT2D eigenvalue weighted by Gasteiger charge is 1.96. The van der Waals surface area contributed by atoms with E-state index in [9.17, 15) is 9.59 Å². The monoisotopic (exact) mass is 256 g/mol. The SMILES string of the molecule is CCC=C(C)C(=O)O.CCCCC=C(C)C(=O)O. The lowest BCUT2D eigenvalue weighted by Crippen LogP contribution is -1.95. The van der Waals surface area contributed by atoms with Crippen molar-refractivity contribution in [2.75, 3.05) is 0 Å². The molecule has 18 heavy (non-hydrogen) atoms. The van der Waals surface area contributed by atoms with Crippen LogP contribution in [0.1, 0.15) is 53.4 Å². The van der Waals surface area contributed by atoms with Crippen LogP contribution in [0, 0.1) is 0 Å². The Kier molecular flexibility index (Phi) is 12.4. The molecule has 0 rings (SSSR count). The largest absolute Gasteiger partial charge is 0.478 e. The fourth-order valence-corrected chi connectivity index (χ4v) is 1.00. The van der Waals surface area contributed by atoms with Gasteiger partial charge in [0.25, 0.3) is 0 Å². The van der Waals surface area contributed by atoms with E-state index in [0.717, 1.165) is 25.7 Å². The summed E-state index contributed by atoms with van der Waals surface area (Å²) in [5.41, 5.74) is 0.876. The van der Waals surface area contributed by atoms with Crippen LogP contribution in [0.5, 0.6) is 0 Å². The van der Waals surface area contributed by atoms with Crippen molar-refractivity contribution in [2.45, 2.75) is 53.4 Å². The molecule has 0 spiro atoms. The second-order valence-corrected chi connectivity index (χ2v) is 3.94. The van der Waals surface area contributed by atoms with E-state index in [2.05, 4.69) is 6.92 Å². The van der Waals surface area contributed by atoms with Crippen LogP contribution < -0.4 is 0 Å². The van der Waals surface area contributed by atoms with Gasteiger partial charge in [-0.3, -0.25) is 0 Å². The lowest BCUT2D eigenvalue weighted by molar-refractivity contribution is -0.133. The standard InChI is InChI=1S/C8H14O2.C6H10O2/c1-3-4-5-6-7(2)8(9)10;1-3-4-5(2)6(7)8/h6H,3-5H2,1-2H3,(H,9,10);4H,3H2,1-2H3,(H,7,8). The van der Waals surface area contributed by atoms with Gasteiger partial charge in [0.2, 0.25) is 0 Å². The molecule has 0 unspecified atom stereocenters. The van der Waals surface area contributed by atoms with Crippen LogP contribution in [0.2, 0.25) is 0 Å². The van der Waals surface area contributed by atoms with E-state index in [1.54, 1.807) is 26.0 Å². The smallest absolute Gasteiger partial charge is 0.330 e. The Bertz CT molecular complexity index is 314. The Morgan fingerprint density at radius 1 is 0.944 bits per heavy atom. The highest BCUT2D eigenvalue weighted by Crippen LogP contribution is 2.00. The first-order valence-corrected chi connectivity index (χ1v) is 6.16. The molecule has 0 radical (unpaired) electrons. The van der Waals surface area contributed by atoms with Gasteiger partial charge in [-0.2, -0.15) is 0 Å². The van der Waals surface area contributed by atoms with Crippen LogP contribution in [0.4, 0.5) is 0 Å². The maximum atomic E-state index is 10.2. The molecule has 0 saturated carbocycles. The van der Waals surface area contributed by atoms with Crippen molar-refractivity contribution in [3.8, 4) is 0 Å². The second-order valence-electron chi connectivity index (χ2n) is 3.94. The van der Waals surface area contributed by atoms with Crippen molar-refractivity contribution >= 4 is 11.9 Å². The molecule has 0 heterocycles. The maximum absolute atomic E-state index is 10.2. The third-order valence-electron chi connectivity index (χ3n) is 2.19. The summed E-state index contributed by atoms with van der Waals surface area (Å²) in [6, 6.07) is 0. The molecular weight excluding hydrogens is 232 g/mol. The van der Waals surface area contributed by atoms with Crippen LogP contribution in [0.15, 0.2) is 23.3 Å². The zero-order valence-corrected chi connectivity index (χ0v) is 11.7. The van der Waals surface area contributed by atoms with Gasteiger partial charge in [-0.15, -0.1) is 0 Å². The summed E-state index contributed by atoms with van der Waals surface area (Å²) in [4.78, 5) is 20.2. The molecule has 4 nitrogen and oxygen atoms in total. The van der Waals surface area contributed by atoms with Crippen molar-refractivity contribution in [3.05, 3.63) is 23.3 Å². The van der Waals surface area contributed by atoms with Gasteiger partial charge < -0.3 is 10.2 Å². The van der Waals surface area contributed by atoms with Gasteiger partial charge in [0, 0.05) is 11.1 Å². The average Bonchev–Trinajstić information content (AvgIpc) is 2.30. The second kappa shape index (κ2) is 11.9. The van der Waals surface area contributed by atoms with E-state index < -0.39 is 11.9 Å². The molecule has 0 aliphatic carbocycles. The fraction of sp³-hybridized carbons (Fsp3) is 0.571. The first kappa shape index (κ1) is 18.8. The van der Waals surface area contributed by atoms with Gasteiger partial charge >= 0.3 is 11.9 Å². The maximum Gasteiger partial charge on any atom is 0.330 e. The van der Waals surface area contributed by atoms with Crippen LogP contribution in [-0.4, -0.2) is 22.2 Å². The number of rotatable bonds is 6. The number of carboxylic acids is 2. The lowest BCUT2D eigenvalue weighted by atomic mass is 10.2. The highest BCUT2D eigenvalue weighted by atomic mass is 16.4. The van der Waals surface area contributed by atoms with Crippen LogP contribution in [-0.2, 0) is 9.59 Å². The minimum absolute atomic E-state index is 0.424. The van der Waals surface area contributed by atoms with Crippen molar-refractivity contribution in [3.63, 3.8) is 0 Å². The lowest BCUT2D eigenvalue weighted by Gasteiger charge is -1.91. The van der Waals surface area contributed by atoms with Gasteiger partial charge in [-0.05, 0) is 26.7 Å². The molecular formula is C14H24O4. The summed E-state index contributed by atoms with van der Waals surface area (Å²) in [6.45, 7) is 7.21. The summed E-state index contributed by atoms with van der Waals surface area (Å²) < 4.78 is 0. The van der Waals surface area contributed by atoms with Crippen LogP contribution in [0.3, 0.4) is 0 Å². The van der Waals surface area contributed by atoms with E-state index in [0.29, 0.717) is 11.1 Å². The molecule has 104 valence electrons. The van der Waals surface area contributed by atoms with E-state index in [-0.39, 0.29) is 0 Å². The Morgan fingerprint density at radius 3 is 1.67 bits per heavy atom. The molecule has 2 N–H and O–H groups in total. The minimum atomic E-state index is -0.827. The number of allylic oxidation sites excluding steroid dienone is 2. The Balaban J connectivity index is 0. The minimum Gasteiger partial charge on any atom is -0.478 e. The summed E-state index contributed by atoms with van der Waals surface area (Å²) in [5, 5.41) is 16.7. The zero-order valence-electron chi connectivity index (χ0n) is 11.7. The summed E-state index contributed by atoms with van der Waals surface area (Å²) in [7, 11) is 0. The molecule has 0 aliphatic rings. The predicted molar refractivity (Wildman–Crippen MR) is 72.6 cm³/mol. The number of hydrogen-bond acceptors (Lipinski definition) is 2. The van der Waals surface area contributed by atoms with Crippen molar-refractivity contribution < 1.29 is 19.8 Å². The van der Waals surface area contributed by atoms with Gasteiger partial charge in [0.15, 0.2) is 0 Å². The summed E-state index contributed by atoms with van der Waals surface area (Å²) in [5.74, 6) is -1.64. The Labute approximate surface area is 109 Å². The normalized spacial score (nSPS) is 11.6. The predicted octanol–water partition coefficient (Wildman–Crippen LogP) is 3.63. The van der Waals surface area contributed by atoms with Crippen molar-refractivity contribution in [2.24, 2.45) is 0 Å². The molecule has 0 aliphatic heterocycles. The van der Waals surface area contributed by atoms with Crippen molar-refractivity contribution in [1.82, 2.24) is 0 Å². The molecule has 0 atom stereocenters. The van der Waals surface area contributed by atoms with E-state index in [4.69, 9.17) is 10.2 Å². The number of aliphatic carboxylic acids is 2. The molecule has 4 heteroatoms. The van der Waals surface area contributed by atoms with Gasteiger partial charge in [0.1, 0.15) is 0 Å². The topological polar surface area (TPSA) is 74.6 Å². The molecule has 0 saturated heterocycles. The quantitative estimate of drug-likeness (QED) is 0.562. The van der Waals surface area contributed by atoms with Crippen molar-refractivity contribution in [1.29, 1.82) is 0 Å². The molecule has 0 aromatic rings. The van der Waals surface area contributed by atoms with Gasteiger partial charge in [-0.25, -0.2) is 9.59 Å². The number of carbonyl (C=O) groups is 2. The first-order valence-electron chi connectivity index (χ1n) is 6.16. The average molecular weight is 256 g/mol. The molecule has 0 aromatic carbocycles. The van der Waals surface area contributed by atoms with Gasteiger partial charge in [0.05, 0.1) is 0 Å². The summed E-state index contributed by atoms with van der Waals surface area (Å²) >= 11 is 0. The van der Waals surface area contributed by atoms with E-state index >= 15 is 0 Å². The summed E-state index contributed by atoms with van der Waals surface area (Å²) in [6.07, 6.45) is 7.31. The van der Waals surface area contributed by atoms with Crippen LogP contribution >= 0.6 is 0 Å². The molecule has 0 aromatic heterocycles.